The Balaban J connectivity index is 1.10. The van der Waals surface area contributed by atoms with Crippen molar-refractivity contribution >= 4 is 11.8 Å². The lowest BCUT2D eigenvalue weighted by Gasteiger charge is -2.52. The third-order valence-corrected chi connectivity index (χ3v) is 19.4. The molecule has 0 aromatic carbocycles. The summed E-state index contributed by atoms with van der Waals surface area (Å²) >= 11 is 0. The molecule has 0 bridgehead atoms. The molecule has 9 aliphatic heterocycles. The molecular formula is C58H98N2O43. The molecule has 9 heterocycles. The first kappa shape index (κ1) is 84.3. The summed E-state index contributed by atoms with van der Waals surface area (Å²) in [7, 11) is 0. The Labute approximate surface area is 584 Å². The Morgan fingerprint density at radius 1 is 0.272 bits per heavy atom. The van der Waals surface area contributed by atoms with E-state index in [0.29, 0.717) is 0 Å². The van der Waals surface area contributed by atoms with Crippen LogP contribution < -0.4 is 10.6 Å². The molecule has 9 fully saturated rings. The van der Waals surface area contributed by atoms with Crippen molar-refractivity contribution in [3.8, 4) is 0 Å². The number of hydrogen-bond acceptors (Lipinski definition) is 43. The Morgan fingerprint density at radius 3 is 1.03 bits per heavy atom. The summed E-state index contributed by atoms with van der Waals surface area (Å²) in [5.41, 5.74) is 0. The standard InChI is InChI=1S/C58H98N2O43/c1-12-25(68)31(74)38(81)53(88-12)98-45-21(10-65)95-52(24(60-16(5)67)47(45)101-58-49(35(78)29(72)18(7-62)93-58)103-55-40(83)33(76)27(70)14(3)90-55)102-48-30(73)22(96-57(42(48)85)97-43-19(8-63)91-50(86)37(80)36(43)79)11-87-51-23(59-15(4)66)46(100-54-39(82)32(75)26(69)13(2)89-54)44(20(9-64)94-51)99-56-41(84)34(77)28(71)17(6-61)92-56/h12-14,17-58,61-65,68-86H,6-11H2,1-5H3,(H,59,66)(H,60,67)/t12-,13-,14-,17+,18+,19+,20+,21+,22+,23+,24+,25+,26+,27+,28-,29-,30-,31+,32+,33+,34-,35-,36+,37+,38-,39-,40-,41+,42+,43+,44+,45+,46+,47+,48-,49+,50?,51+,52-,53-,54-,55-,56?,57-,58-/m0/s1. The Morgan fingerprint density at radius 2 is 0.583 bits per heavy atom. The maximum absolute atomic E-state index is 13.6. The second kappa shape index (κ2) is 36.0. The van der Waals surface area contributed by atoms with E-state index in [2.05, 4.69) is 10.6 Å². The topological polar surface area (TPSA) is 701 Å². The van der Waals surface area contributed by atoms with E-state index in [0.717, 1.165) is 13.8 Å². The van der Waals surface area contributed by atoms with Crippen molar-refractivity contribution in [2.45, 2.75) is 311 Å². The molecule has 0 aromatic heterocycles. The molecule has 0 radical (unpaired) electrons. The van der Waals surface area contributed by atoms with E-state index >= 15 is 0 Å². The van der Waals surface area contributed by atoms with Crippen LogP contribution >= 0.6 is 0 Å². The van der Waals surface area contributed by atoms with Gasteiger partial charge < -0.3 is 214 Å². The molecule has 0 aliphatic carbocycles. The van der Waals surface area contributed by atoms with Crippen LogP contribution in [-0.4, -0.2) is 450 Å². The average Bonchev–Trinajstić information content (AvgIpc) is 0.757. The van der Waals surface area contributed by atoms with Gasteiger partial charge in [-0.2, -0.15) is 0 Å². The van der Waals surface area contributed by atoms with Crippen LogP contribution in [0.1, 0.15) is 34.6 Å². The largest absolute Gasteiger partial charge is 0.394 e. The first-order chi connectivity index (χ1) is 48.6. The van der Waals surface area contributed by atoms with Crippen molar-refractivity contribution in [1.29, 1.82) is 0 Å². The van der Waals surface area contributed by atoms with Gasteiger partial charge in [0.2, 0.25) is 11.8 Å². The van der Waals surface area contributed by atoms with Gasteiger partial charge in [-0.1, -0.05) is 0 Å². The number of carbonyl (C=O) groups excluding carboxylic acids is 2. The van der Waals surface area contributed by atoms with Crippen molar-refractivity contribution in [3.63, 3.8) is 0 Å². The molecule has 2 unspecified atom stereocenters. The number of aliphatic hydroxyl groups is 24. The van der Waals surface area contributed by atoms with Gasteiger partial charge in [-0.3, -0.25) is 9.59 Å². The van der Waals surface area contributed by atoms with Gasteiger partial charge >= 0.3 is 0 Å². The minimum absolute atomic E-state index is 0.916. The van der Waals surface area contributed by atoms with Gasteiger partial charge in [0, 0.05) is 13.8 Å². The van der Waals surface area contributed by atoms with Gasteiger partial charge in [0.15, 0.2) is 56.6 Å². The zero-order valence-corrected chi connectivity index (χ0v) is 55.7. The molecule has 0 saturated carbocycles. The van der Waals surface area contributed by atoms with Crippen LogP contribution in [0.2, 0.25) is 0 Å². The first-order valence-corrected chi connectivity index (χ1v) is 33.2. The molecular weight excluding hydrogens is 1410 g/mol. The molecule has 598 valence electrons. The molecule has 9 rings (SSSR count). The lowest BCUT2D eigenvalue weighted by atomic mass is 9.93. The minimum Gasteiger partial charge on any atom is -0.394 e. The summed E-state index contributed by atoms with van der Waals surface area (Å²) in [5.74, 6) is -1.96. The van der Waals surface area contributed by atoms with E-state index in [1.807, 2.05) is 0 Å². The number of carbonyl (C=O) groups is 2. The fourth-order valence-corrected chi connectivity index (χ4v) is 13.5. The van der Waals surface area contributed by atoms with E-state index in [1.54, 1.807) is 0 Å². The summed E-state index contributed by atoms with van der Waals surface area (Å²) in [6.07, 6.45) is -86.3. The summed E-state index contributed by atoms with van der Waals surface area (Å²) in [6.45, 7) is -0.979. The third-order valence-electron chi connectivity index (χ3n) is 19.4. The quantitative estimate of drug-likeness (QED) is 0.0427. The highest BCUT2D eigenvalue weighted by Crippen LogP contribution is 2.41. The van der Waals surface area contributed by atoms with Gasteiger partial charge in [-0.25, -0.2) is 0 Å². The Hall–Kier alpha value is -2.70. The number of rotatable bonds is 24. The Bertz CT molecular complexity index is 2660. The maximum atomic E-state index is 13.6. The molecule has 45 atom stereocenters. The van der Waals surface area contributed by atoms with E-state index in [-0.39, 0.29) is 0 Å². The third kappa shape index (κ3) is 18.0. The van der Waals surface area contributed by atoms with Crippen molar-refractivity contribution in [2.75, 3.05) is 39.6 Å². The lowest BCUT2D eigenvalue weighted by Crippen LogP contribution is -2.72. The number of amides is 2. The van der Waals surface area contributed by atoms with Gasteiger partial charge in [0.25, 0.3) is 0 Å². The maximum Gasteiger partial charge on any atom is 0.217 e. The highest BCUT2D eigenvalue weighted by Gasteiger charge is 2.61. The number of nitrogens with one attached hydrogen (secondary N) is 2. The van der Waals surface area contributed by atoms with Crippen LogP contribution in [0.3, 0.4) is 0 Å². The van der Waals surface area contributed by atoms with Crippen LogP contribution in [-0.2, 0) is 90.1 Å². The summed E-state index contributed by atoms with van der Waals surface area (Å²) in [4.78, 5) is 27.0. The summed E-state index contributed by atoms with van der Waals surface area (Å²) < 4.78 is 102. The molecule has 103 heavy (non-hydrogen) atoms. The monoisotopic (exact) mass is 1510 g/mol. The highest BCUT2D eigenvalue weighted by atomic mass is 16.8. The number of hydrogen-bond donors (Lipinski definition) is 26. The number of aliphatic hydroxyl groups excluding tert-OH is 24. The van der Waals surface area contributed by atoms with Gasteiger partial charge in [-0.05, 0) is 20.8 Å². The molecule has 45 nitrogen and oxygen atoms in total. The molecule has 2 amide bonds. The van der Waals surface area contributed by atoms with Crippen molar-refractivity contribution in [1.82, 2.24) is 10.6 Å². The normalized spacial score (nSPS) is 52.3. The first-order valence-electron chi connectivity index (χ1n) is 33.2. The van der Waals surface area contributed by atoms with Gasteiger partial charge in [0.05, 0.1) is 58.0 Å². The molecule has 0 spiro atoms. The Kier molecular flexibility index (Phi) is 29.5. The predicted molar refractivity (Wildman–Crippen MR) is 316 cm³/mol. The molecule has 9 aliphatic rings. The molecule has 26 N–H and O–H groups in total. The smallest absolute Gasteiger partial charge is 0.217 e. The van der Waals surface area contributed by atoms with E-state index in [9.17, 15) is 132 Å². The average molecular weight is 1510 g/mol. The van der Waals surface area contributed by atoms with E-state index in [1.165, 1.54) is 20.8 Å². The second-order valence-corrected chi connectivity index (χ2v) is 26.6. The van der Waals surface area contributed by atoms with Crippen LogP contribution in [0.4, 0.5) is 0 Å². The van der Waals surface area contributed by atoms with Crippen LogP contribution in [0.5, 0.6) is 0 Å². The fourth-order valence-electron chi connectivity index (χ4n) is 13.5. The van der Waals surface area contributed by atoms with Crippen molar-refractivity contribution < 1.29 is 213 Å². The second-order valence-electron chi connectivity index (χ2n) is 26.6. The van der Waals surface area contributed by atoms with Crippen LogP contribution in [0.15, 0.2) is 0 Å². The van der Waals surface area contributed by atoms with E-state index < -0.39 is 328 Å². The highest BCUT2D eigenvalue weighted by molar-refractivity contribution is 5.73. The zero-order valence-electron chi connectivity index (χ0n) is 55.7. The number of ether oxygens (including phenoxy) is 17. The molecule has 9 saturated heterocycles. The van der Waals surface area contributed by atoms with Crippen LogP contribution in [0.25, 0.3) is 0 Å². The summed E-state index contributed by atoms with van der Waals surface area (Å²) in [6, 6.07) is -3.97. The lowest BCUT2D eigenvalue weighted by molar-refractivity contribution is -0.401. The van der Waals surface area contributed by atoms with Gasteiger partial charge in [-0.15, -0.1) is 0 Å². The minimum atomic E-state index is -2.49. The van der Waals surface area contributed by atoms with Gasteiger partial charge in [0.1, 0.15) is 201 Å². The molecule has 0 aromatic rings. The van der Waals surface area contributed by atoms with E-state index in [4.69, 9.17) is 80.5 Å². The van der Waals surface area contributed by atoms with Crippen LogP contribution in [0, 0.1) is 0 Å². The predicted octanol–water partition coefficient (Wildman–Crippen LogP) is -17.3. The van der Waals surface area contributed by atoms with Crippen molar-refractivity contribution in [2.24, 2.45) is 0 Å². The zero-order chi connectivity index (χ0) is 75.8. The fraction of sp³-hybridized carbons (Fsp3) is 0.966. The van der Waals surface area contributed by atoms with Crippen molar-refractivity contribution in [3.05, 3.63) is 0 Å². The summed E-state index contributed by atoms with van der Waals surface area (Å²) in [5, 5.41) is 269. The molecule has 45 heteroatoms. The SMILES string of the molecule is CC(=O)N[C@H]1[C@H](OC[C@H]2O[C@@H](O[C@H]3[C@H](O)[C@@H](O)C(O)O[C@@H]3CO)[C@H](O)[C@@H](O[C@@H]3O[C@H](CO)[C@@H](O[C@@H]4O[C@@H](C)[C@@H](O)[C@@H](O)[C@@H]4O)[C@H](O[C@@H]4O[C@H](CO)[C@H](O)[C@H](O)[C@H]4O[C@@H]4O[C@@H](C)[C@@H](O)[C@@H](O)[C@@H]4O)[C@H]3NC(C)=O)[C@H]2O)O[C@H](CO)[C@@H](OC2O[C@H](CO)[C@H](O)[C@H](O)[C@H]2O)[C@@H]1O[C@@H]1O[C@@H](C)[C@@H](O)[C@@H](O)[C@@H]1O.